The molecule has 3 aromatic rings. The summed E-state index contributed by atoms with van der Waals surface area (Å²) in [6, 6.07) is 7.66. The lowest BCUT2D eigenvalue weighted by atomic mass is 9.78. The van der Waals surface area contributed by atoms with Gasteiger partial charge in [-0.05, 0) is 97.9 Å². The fourth-order valence-corrected chi connectivity index (χ4v) is 8.13. The van der Waals surface area contributed by atoms with Crippen LogP contribution in [0.4, 0.5) is 4.39 Å². The van der Waals surface area contributed by atoms with Crippen molar-refractivity contribution in [2.75, 3.05) is 19.6 Å². The Balaban J connectivity index is 1.35. The molecule has 3 N–H and O–H groups in total. The molecule has 5 rings (SSSR count). The summed E-state index contributed by atoms with van der Waals surface area (Å²) in [5.74, 6) is -3.56. The average molecular weight is 707 g/mol. The molecule has 1 aromatic heterocycles. The zero-order chi connectivity index (χ0) is 36.3. The Morgan fingerprint density at radius 1 is 1.00 bits per heavy atom. The van der Waals surface area contributed by atoms with E-state index in [1.165, 1.54) is 48.4 Å². The summed E-state index contributed by atoms with van der Waals surface area (Å²) in [6.45, 7) is 12.8. The number of aromatic nitrogens is 1. The van der Waals surface area contributed by atoms with E-state index in [0.29, 0.717) is 24.1 Å². The molecular weight excluding hydrogens is 659 g/mol. The molecule has 2 amide bonds. The van der Waals surface area contributed by atoms with Crippen molar-refractivity contribution in [3.8, 4) is 11.1 Å². The Morgan fingerprint density at radius 2 is 1.66 bits per heavy atom. The molecule has 268 valence electrons. The van der Waals surface area contributed by atoms with E-state index in [2.05, 4.69) is 15.5 Å². The van der Waals surface area contributed by atoms with Crippen molar-refractivity contribution in [3.63, 3.8) is 0 Å². The normalized spacial score (nSPS) is 16.6. The highest BCUT2D eigenvalue weighted by atomic mass is 35.5. The van der Waals surface area contributed by atoms with Crippen molar-refractivity contribution in [3.05, 3.63) is 91.6 Å². The minimum atomic E-state index is -1.30. The quantitative estimate of drug-likeness (QED) is 0.185. The van der Waals surface area contributed by atoms with E-state index in [1.54, 1.807) is 12.3 Å². The summed E-state index contributed by atoms with van der Waals surface area (Å²) in [4.78, 5) is 55.1. The van der Waals surface area contributed by atoms with E-state index in [0.717, 1.165) is 35.3 Å². The number of rotatable bonds is 13. The van der Waals surface area contributed by atoms with Crippen LogP contribution in [0.5, 0.6) is 0 Å². The third-order valence-electron chi connectivity index (χ3n) is 10.1. The van der Waals surface area contributed by atoms with Crippen LogP contribution in [-0.4, -0.2) is 58.0 Å². The van der Waals surface area contributed by atoms with Gasteiger partial charge in [-0.2, -0.15) is 0 Å². The molecule has 11 heteroatoms. The number of amides is 2. The summed E-state index contributed by atoms with van der Waals surface area (Å²) >= 11 is 6.37. The molecule has 0 unspecified atom stereocenters. The van der Waals surface area contributed by atoms with Crippen molar-refractivity contribution in [1.82, 2.24) is 20.1 Å². The molecule has 1 saturated carbocycles. The van der Waals surface area contributed by atoms with Gasteiger partial charge in [0.15, 0.2) is 0 Å². The maximum absolute atomic E-state index is 15.7. The van der Waals surface area contributed by atoms with Crippen molar-refractivity contribution in [2.45, 2.75) is 91.8 Å². The van der Waals surface area contributed by atoms with Gasteiger partial charge in [-0.3, -0.25) is 19.2 Å². The highest BCUT2D eigenvalue weighted by Crippen LogP contribution is 2.45. The molecular formula is C39H48ClFN4O5. The first-order valence-corrected chi connectivity index (χ1v) is 17.9. The van der Waals surface area contributed by atoms with Crippen molar-refractivity contribution < 1.29 is 23.9 Å². The van der Waals surface area contributed by atoms with E-state index in [9.17, 15) is 24.3 Å². The second-order valence-electron chi connectivity index (χ2n) is 14.8. The maximum atomic E-state index is 15.7. The van der Waals surface area contributed by atoms with Gasteiger partial charge in [0.05, 0.1) is 17.5 Å². The number of hydrogen-bond acceptors (Lipinski definition) is 5. The zero-order valence-electron chi connectivity index (χ0n) is 29.6. The van der Waals surface area contributed by atoms with Crippen LogP contribution in [0, 0.1) is 37.9 Å². The number of carbonyl (C=O) groups is 3. The van der Waals surface area contributed by atoms with Crippen LogP contribution in [0.25, 0.3) is 11.1 Å². The third-order valence-corrected chi connectivity index (χ3v) is 10.4. The molecule has 2 atom stereocenters. The predicted octanol–water partition coefficient (Wildman–Crippen LogP) is 6.59. The number of carbonyl (C=O) groups excluding carboxylic acids is 2. The third kappa shape index (κ3) is 8.46. The van der Waals surface area contributed by atoms with Gasteiger partial charge < -0.3 is 25.2 Å². The van der Waals surface area contributed by atoms with Gasteiger partial charge in [0.2, 0.25) is 5.91 Å². The zero-order valence-corrected chi connectivity index (χ0v) is 30.3. The van der Waals surface area contributed by atoms with Crippen LogP contribution in [0.2, 0.25) is 5.02 Å². The number of aryl methyl sites for hydroxylation is 3. The van der Waals surface area contributed by atoms with Crippen LogP contribution in [0.1, 0.15) is 91.0 Å². The second kappa shape index (κ2) is 15.5. The van der Waals surface area contributed by atoms with Gasteiger partial charge in [-0.1, -0.05) is 56.0 Å². The first-order chi connectivity index (χ1) is 23.7. The standard InChI is InChI=1S/C39H48ClFN4O5/c1-23(2)15-32(43-36(48)28-9-8-12-45(38(28)50)14-13-44-21-39(22-44)10-6-7-11-39)37(49)42-31(20-33(46)47)29-18-27(19-30(40)35(29)41)34-25(4)16-24(3)17-26(34)5/h8-9,12,16-19,23,31-32H,6-7,10-11,13-15,20-22H2,1-5H3,(H,42,49)(H,43,48)(H,46,47)/t31-,32-/m0/s1. The summed E-state index contributed by atoms with van der Waals surface area (Å²) < 4.78 is 17.2. The topological polar surface area (TPSA) is 121 Å². The number of aliphatic carboxylic acids is 1. The largest absolute Gasteiger partial charge is 0.481 e. The number of carboxylic acid groups (broad SMARTS) is 1. The minimum Gasteiger partial charge on any atom is -0.481 e. The number of halogens is 2. The molecule has 0 radical (unpaired) electrons. The number of likely N-dealkylation sites (tertiary alicyclic amines) is 1. The van der Waals surface area contributed by atoms with Crippen LogP contribution in [-0.2, 0) is 16.1 Å². The van der Waals surface area contributed by atoms with E-state index in [4.69, 9.17) is 11.6 Å². The van der Waals surface area contributed by atoms with Crippen LogP contribution in [0.15, 0.2) is 47.4 Å². The molecule has 1 saturated heterocycles. The number of hydrogen-bond donors (Lipinski definition) is 3. The highest BCUT2D eigenvalue weighted by molar-refractivity contribution is 6.31. The Hall–Kier alpha value is -4.02. The van der Waals surface area contributed by atoms with E-state index in [1.807, 2.05) is 46.8 Å². The minimum absolute atomic E-state index is 0.0573. The van der Waals surface area contributed by atoms with E-state index < -0.39 is 47.7 Å². The van der Waals surface area contributed by atoms with Crippen LogP contribution < -0.4 is 16.2 Å². The molecule has 1 spiro atoms. The van der Waals surface area contributed by atoms with Crippen LogP contribution in [0.3, 0.4) is 0 Å². The summed E-state index contributed by atoms with van der Waals surface area (Å²) in [5, 5.41) is 15.0. The second-order valence-corrected chi connectivity index (χ2v) is 15.2. The van der Waals surface area contributed by atoms with Crippen molar-refractivity contribution >= 4 is 29.4 Å². The first-order valence-electron chi connectivity index (χ1n) is 17.5. The molecule has 50 heavy (non-hydrogen) atoms. The SMILES string of the molecule is Cc1cc(C)c(-c2cc(Cl)c(F)c([C@H](CC(=O)O)NC(=O)[C@H](CC(C)C)NC(=O)c3cccn(CCN4CC5(CCCC5)C4)c3=O)c2)c(C)c1. The first kappa shape index (κ1) is 37.2. The number of pyridine rings is 1. The molecule has 1 aliphatic heterocycles. The smallest absolute Gasteiger partial charge is 0.305 e. The lowest BCUT2D eigenvalue weighted by Gasteiger charge is -2.48. The fourth-order valence-electron chi connectivity index (χ4n) is 7.90. The Kier molecular flexibility index (Phi) is 11.5. The van der Waals surface area contributed by atoms with Crippen molar-refractivity contribution in [1.29, 1.82) is 0 Å². The summed E-state index contributed by atoms with van der Waals surface area (Å²) in [6.07, 6.45) is 6.33. The predicted molar refractivity (Wildman–Crippen MR) is 193 cm³/mol. The number of nitrogens with one attached hydrogen (secondary N) is 2. The van der Waals surface area contributed by atoms with Gasteiger partial charge in [-0.15, -0.1) is 0 Å². The highest BCUT2D eigenvalue weighted by Gasteiger charge is 2.44. The van der Waals surface area contributed by atoms with Gasteiger partial charge in [0.25, 0.3) is 11.5 Å². The van der Waals surface area contributed by atoms with E-state index in [-0.39, 0.29) is 28.5 Å². The molecule has 2 fully saturated rings. The number of nitrogens with zero attached hydrogens (tertiary/aromatic N) is 2. The van der Waals surface area contributed by atoms with Gasteiger partial charge >= 0.3 is 5.97 Å². The molecule has 9 nitrogen and oxygen atoms in total. The Labute approximate surface area is 298 Å². The molecule has 0 bridgehead atoms. The van der Waals surface area contributed by atoms with Gasteiger partial charge in [0.1, 0.15) is 17.4 Å². The maximum Gasteiger partial charge on any atom is 0.305 e. The summed E-state index contributed by atoms with van der Waals surface area (Å²) in [5.41, 5.74) is 4.17. The fraction of sp³-hybridized carbons (Fsp3) is 0.487. The van der Waals surface area contributed by atoms with Crippen molar-refractivity contribution in [2.24, 2.45) is 11.3 Å². The molecule has 2 aromatic carbocycles. The monoisotopic (exact) mass is 706 g/mol. The van der Waals surface area contributed by atoms with Crippen LogP contribution >= 0.6 is 11.6 Å². The number of carboxylic acids is 1. The average Bonchev–Trinajstić information content (AvgIpc) is 3.50. The lowest BCUT2D eigenvalue weighted by molar-refractivity contribution is -0.137. The molecule has 1 aliphatic carbocycles. The van der Waals surface area contributed by atoms with Gasteiger partial charge in [0, 0.05) is 37.9 Å². The summed E-state index contributed by atoms with van der Waals surface area (Å²) in [7, 11) is 0. The Morgan fingerprint density at radius 3 is 2.28 bits per heavy atom. The molecule has 2 aliphatic rings. The molecule has 2 heterocycles. The lowest BCUT2D eigenvalue weighted by Crippen LogP contribution is -2.55. The van der Waals surface area contributed by atoms with E-state index >= 15 is 4.39 Å². The Bertz CT molecular complexity index is 1800. The van der Waals surface area contributed by atoms with Gasteiger partial charge in [-0.25, -0.2) is 4.39 Å². The number of benzene rings is 2.